The van der Waals surface area contributed by atoms with Crippen molar-refractivity contribution in [2.24, 2.45) is 0 Å². The van der Waals surface area contributed by atoms with Gasteiger partial charge in [-0.25, -0.2) is 9.50 Å². The molecule has 2 fully saturated rings. The van der Waals surface area contributed by atoms with E-state index < -0.39 is 0 Å². The average molecular weight is 315 g/mol. The third kappa shape index (κ3) is 3.39. The number of nitrogens with zero attached hydrogens (tertiary/aromatic N) is 5. The lowest BCUT2D eigenvalue weighted by molar-refractivity contribution is 0.0243. The second-order valence-corrected chi connectivity index (χ2v) is 6.90. The first kappa shape index (κ1) is 15.1. The highest BCUT2D eigenvalue weighted by Crippen LogP contribution is 2.22. The van der Waals surface area contributed by atoms with Crippen LogP contribution in [0.1, 0.15) is 31.2 Å². The van der Waals surface area contributed by atoms with E-state index in [1.807, 2.05) is 6.20 Å². The molecule has 124 valence electrons. The first-order valence-corrected chi connectivity index (χ1v) is 8.71. The molecule has 4 heterocycles. The van der Waals surface area contributed by atoms with Crippen LogP contribution in [0.2, 0.25) is 0 Å². The minimum atomic E-state index is -0.114. The molecular formula is C17H25N5O. The Morgan fingerprint density at radius 3 is 2.87 bits per heavy atom. The van der Waals surface area contributed by atoms with Crippen molar-refractivity contribution >= 4 is 5.65 Å². The minimum Gasteiger partial charge on any atom is -0.392 e. The quantitative estimate of drug-likeness (QED) is 0.921. The van der Waals surface area contributed by atoms with E-state index in [1.54, 1.807) is 10.8 Å². The average Bonchev–Trinajstić information content (AvgIpc) is 3.03. The second-order valence-electron chi connectivity index (χ2n) is 6.90. The van der Waals surface area contributed by atoms with Crippen LogP contribution in [0.25, 0.3) is 5.65 Å². The number of likely N-dealkylation sites (tertiary alicyclic amines) is 2. The van der Waals surface area contributed by atoms with Crippen LogP contribution in [-0.4, -0.2) is 67.8 Å². The molecule has 6 nitrogen and oxygen atoms in total. The zero-order valence-electron chi connectivity index (χ0n) is 13.5. The maximum absolute atomic E-state index is 9.86. The molecule has 1 unspecified atom stereocenters. The summed E-state index contributed by atoms with van der Waals surface area (Å²) in [6.07, 6.45) is 7.99. The standard InChI is InChI=1S/C17H25N5O/c23-16-2-1-6-21(12-16)15-4-7-20(8-5-15)11-14-3-9-22-17(10-14)18-13-19-22/h3,9-10,13,15-16,23H,1-2,4-8,11-12H2. The fourth-order valence-corrected chi connectivity index (χ4v) is 3.97. The van der Waals surface area contributed by atoms with Crippen molar-refractivity contribution in [2.45, 2.75) is 44.4 Å². The molecule has 0 aromatic carbocycles. The van der Waals surface area contributed by atoms with Crippen LogP contribution in [0.5, 0.6) is 0 Å². The van der Waals surface area contributed by atoms with Crippen molar-refractivity contribution in [3.05, 3.63) is 30.2 Å². The Morgan fingerprint density at radius 2 is 2.04 bits per heavy atom. The molecule has 2 aromatic heterocycles. The molecule has 0 radical (unpaired) electrons. The van der Waals surface area contributed by atoms with Crippen LogP contribution >= 0.6 is 0 Å². The molecule has 0 amide bonds. The van der Waals surface area contributed by atoms with Gasteiger partial charge in [-0.2, -0.15) is 5.10 Å². The first-order valence-electron chi connectivity index (χ1n) is 8.71. The van der Waals surface area contributed by atoms with E-state index in [1.165, 1.54) is 18.4 Å². The third-order valence-electron chi connectivity index (χ3n) is 5.25. The van der Waals surface area contributed by atoms with E-state index in [0.29, 0.717) is 6.04 Å². The van der Waals surface area contributed by atoms with Crippen LogP contribution in [0.4, 0.5) is 0 Å². The predicted octanol–water partition coefficient (Wildman–Crippen LogP) is 1.15. The van der Waals surface area contributed by atoms with Crippen LogP contribution in [0.3, 0.4) is 0 Å². The number of pyridine rings is 1. The molecule has 1 N–H and O–H groups in total. The molecular weight excluding hydrogens is 290 g/mol. The summed E-state index contributed by atoms with van der Waals surface area (Å²) in [5.41, 5.74) is 2.22. The van der Waals surface area contributed by atoms with Gasteiger partial charge < -0.3 is 5.11 Å². The molecule has 4 rings (SSSR count). The van der Waals surface area contributed by atoms with Crippen molar-refractivity contribution in [3.63, 3.8) is 0 Å². The van der Waals surface area contributed by atoms with Gasteiger partial charge in [0.1, 0.15) is 6.33 Å². The van der Waals surface area contributed by atoms with Gasteiger partial charge in [-0.3, -0.25) is 9.80 Å². The fourth-order valence-electron chi connectivity index (χ4n) is 3.97. The van der Waals surface area contributed by atoms with E-state index in [2.05, 4.69) is 32.0 Å². The number of aliphatic hydroxyl groups excluding tert-OH is 1. The van der Waals surface area contributed by atoms with Gasteiger partial charge in [0.25, 0.3) is 0 Å². The summed E-state index contributed by atoms with van der Waals surface area (Å²) in [7, 11) is 0. The Balaban J connectivity index is 1.32. The lowest BCUT2D eigenvalue weighted by Crippen LogP contribution is -2.49. The summed E-state index contributed by atoms with van der Waals surface area (Å²) in [5.74, 6) is 0. The van der Waals surface area contributed by atoms with Crippen molar-refractivity contribution in [1.82, 2.24) is 24.4 Å². The summed E-state index contributed by atoms with van der Waals surface area (Å²) >= 11 is 0. The highest BCUT2D eigenvalue weighted by atomic mass is 16.3. The zero-order valence-corrected chi connectivity index (χ0v) is 13.5. The normalized spacial score (nSPS) is 25.2. The van der Waals surface area contributed by atoms with Crippen LogP contribution in [0, 0.1) is 0 Å². The predicted molar refractivity (Wildman–Crippen MR) is 88.1 cm³/mol. The topological polar surface area (TPSA) is 56.9 Å². The van der Waals surface area contributed by atoms with Crippen molar-refractivity contribution < 1.29 is 5.11 Å². The lowest BCUT2D eigenvalue weighted by Gasteiger charge is -2.41. The molecule has 0 aliphatic carbocycles. The molecule has 2 aliphatic heterocycles. The van der Waals surface area contributed by atoms with E-state index >= 15 is 0 Å². The monoisotopic (exact) mass is 315 g/mol. The van der Waals surface area contributed by atoms with Gasteiger partial charge in [0.2, 0.25) is 0 Å². The SMILES string of the molecule is OC1CCCN(C2CCN(Cc3ccn4ncnc4c3)CC2)C1. The Morgan fingerprint density at radius 1 is 1.17 bits per heavy atom. The van der Waals surface area contributed by atoms with Crippen LogP contribution in [0.15, 0.2) is 24.7 Å². The fraction of sp³-hybridized carbons (Fsp3) is 0.647. The van der Waals surface area contributed by atoms with Crippen LogP contribution < -0.4 is 0 Å². The Hall–Kier alpha value is -1.50. The summed E-state index contributed by atoms with van der Waals surface area (Å²) < 4.78 is 1.80. The number of piperidine rings is 2. The summed E-state index contributed by atoms with van der Waals surface area (Å²) in [5, 5.41) is 14.0. The van der Waals surface area contributed by atoms with Gasteiger partial charge >= 0.3 is 0 Å². The number of β-amino-alcohol motifs (C(OH)–C–C–N with tert-alkyl or cyclic N) is 1. The molecule has 2 saturated heterocycles. The highest BCUT2D eigenvalue weighted by Gasteiger charge is 2.28. The number of aromatic nitrogens is 3. The Labute approximate surface area is 136 Å². The summed E-state index contributed by atoms with van der Waals surface area (Å²) in [6, 6.07) is 4.91. The minimum absolute atomic E-state index is 0.114. The highest BCUT2D eigenvalue weighted by molar-refractivity contribution is 5.39. The van der Waals surface area contributed by atoms with Gasteiger partial charge in [0.05, 0.1) is 6.10 Å². The maximum atomic E-state index is 9.86. The van der Waals surface area contributed by atoms with E-state index in [4.69, 9.17) is 0 Å². The third-order valence-corrected chi connectivity index (χ3v) is 5.25. The molecule has 2 aliphatic rings. The lowest BCUT2D eigenvalue weighted by atomic mass is 9.98. The number of rotatable bonds is 3. The zero-order chi connectivity index (χ0) is 15.6. The molecule has 1 atom stereocenters. The van der Waals surface area contributed by atoms with E-state index in [0.717, 1.165) is 51.2 Å². The number of fused-ring (bicyclic) bond motifs is 1. The molecule has 0 bridgehead atoms. The molecule has 2 aromatic rings. The smallest absolute Gasteiger partial charge is 0.155 e. The maximum Gasteiger partial charge on any atom is 0.155 e. The molecule has 0 saturated carbocycles. The van der Waals surface area contributed by atoms with Gasteiger partial charge in [-0.05, 0) is 63.0 Å². The van der Waals surface area contributed by atoms with Crippen LogP contribution in [-0.2, 0) is 6.54 Å². The largest absolute Gasteiger partial charge is 0.392 e. The molecule has 0 spiro atoms. The first-order chi connectivity index (χ1) is 11.3. The number of hydrogen-bond donors (Lipinski definition) is 1. The summed E-state index contributed by atoms with van der Waals surface area (Å²) in [6.45, 7) is 5.28. The Kier molecular flexibility index (Phi) is 4.29. The van der Waals surface area contributed by atoms with Crippen molar-refractivity contribution in [1.29, 1.82) is 0 Å². The van der Waals surface area contributed by atoms with Crippen molar-refractivity contribution in [3.8, 4) is 0 Å². The van der Waals surface area contributed by atoms with Gasteiger partial charge in [0, 0.05) is 25.3 Å². The Bertz CT molecular complexity index is 649. The van der Waals surface area contributed by atoms with Gasteiger partial charge in [0.15, 0.2) is 5.65 Å². The number of hydrogen-bond acceptors (Lipinski definition) is 5. The van der Waals surface area contributed by atoms with Crippen molar-refractivity contribution in [2.75, 3.05) is 26.2 Å². The summed E-state index contributed by atoms with van der Waals surface area (Å²) in [4.78, 5) is 9.29. The van der Waals surface area contributed by atoms with E-state index in [9.17, 15) is 5.11 Å². The van der Waals surface area contributed by atoms with Gasteiger partial charge in [-0.15, -0.1) is 0 Å². The second kappa shape index (κ2) is 6.55. The molecule has 6 heteroatoms. The number of aliphatic hydroxyl groups is 1. The van der Waals surface area contributed by atoms with E-state index in [-0.39, 0.29) is 6.10 Å². The van der Waals surface area contributed by atoms with Gasteiger partial charge in [-0.1, -0.05) is 0 Å². The molecule has 23 heavy (non-hydrogen) atoms.